The quantitative estimate of drug-likeness (QED) is 0.589. The summed E-state index contributed by atoms with van der Waals surface area (Å²) >= 11 is 0. The molecule has 0 saturated carbocycles. The molecular formula is C8H12N2O. The topological polar surface area (TPSA) is 30.4 Å². The van der Waals surface area contributed by atoms with Crippen molar-refractivity contribution in [3.8, 4) is 0 Å². The Morgan fingerprint density at radius 3 is 2.91 bits per heavy atom. The van der Waals surface area contributed by atoms with E-state index in [1.165, 1.54) is 5.69 Å². The van der Waals surface area contributed by atoms with Gasteiger partial charge in [0.25, 0.3) is 0 Å². The van der Waals surface area contributed by atoms with E-state index in [-0.39, 0.29) is 0 Å². The maximum Gasteiger partial charge on any atom is 0.0988 e. The monoisotopic (exact) mass is 152 g/mol. The van der Waals surface area contributed by atoms with Gasteiger partial charge in [0.05, 0.1) is 31.3 Å². The number of hydrogen-bond acceptors (Lipinski definition) is 2. The third-order valence-electron chi connectivity index (χ3n) is 2.15. The van der Waals surface area contributed by atoms with Gasteiger partial charge in [-0.05, 0) is 13.8 Å². The molecule has 1 aliphatic rings. The zero-order valence-electron chi connectivity index (χ0n) is 6.87. The predicted molar refractivity (Wildman–Crippen MR) is 41.4 cm³/mol. The molecule has 1 atom stereocenters. The van der Waals surface area contributed by atoms with Gasteiger partial charge in [-0.3, -0.25) is 0 Å². The molecule has 60 valence electrons. The lowest BCUT2D eigenvalue weighted by atomic mass is 10.3. The van der Waals surface area contributed by atoms with E-state index < -0.39 is 0 Å². The summed E-state index contributed by atoms with van der Waals surface area (Å²) in [5, 5.41) is 0. The van der Waals surface area contributed by atoms with Gasteiger partial charge >= 0.3 is 0 Å². The van der Waals surface area contributed by atoms with Gasteiger partial charge in [-0.1, -0.05) is 0 Å². The molecule has 0 N–H and O–H groups in total. The number of imidazole rings is 1. The van der Waals surface area contributed by atoms with Crippen LogP contribution < -0.4 is 0 Å². The molecule has 11 heavy (non-hydrogen) atoms. The number of aromatic nitrogens is 2. The van der Waals surface area contributed by atoms with Crippen LogP contribution in [0.25, 0.3) is 0 Å². The van der Waals surface area contributed by atoms with Crippen molar-refractivity contribution in [3.05, 3.63) is 17.7 Å². The van der Waals surface area contributed by atoms with Gasteiger partial charge in [-0.15, -0.1) is 0 Å². The van der Waals surface area contributed by atoms with E-state index >= 15 is 0 Å². The molecule has 1 saturated heterocycles. The molecule has 2 heterocycles. The van der Waals surface area contributed by atoms with Gasteiger partial charge in [-0.2, -0.15) is 0 Å². The zero-order valence-corrected chi connectivity index (χ0v) is 6.87. The van der Waals surface area contributed by atoms with Gasteiger partial charge in [0.1, 0.15) is 0 Å². The second-order valence-corrected chi connectivity index (χ2v) is 3.02. The lowest BCUT2D eigenvalue weighted by Gasteiger charge is -2.00. The molecule has 0 bridgehead atoms. The standard InChI is InChI=1S/C8H12N2O/c1-6-7(2)10(5-9-6)3-8-4-11-8/h5,8H,3-4H2,1-2H3. The number of hydrogen-bond donors (Lipinski definition) is 0. The molecule has 0 radical (unpaired) electrons. The molecule has 0 spiro atoms. The lowest BCUT2D eigenvalue weighted by Crippen LogP contribution is -2.04. The van der Waals surface area contributed by atoms with Crippen LogP contribution in [-0.2, 0) is 11.3 Å². The second-order valence-electron chi connectivity index (χ2n) is 3.02. The van der Waals surface area contributed by atoms with Gasteiger partial charge in [0.15, 0.2) is 0 Å². The number of nitrogens with zero attached hydrogens (tertiary/aromatic N) is 2. The van der Waals surface area contributed by atoms with E-state index in [2.05, 4.69) is 16.5 Å². The number of ether oxygens (including phenoxy) is 1. The highest BCUT2D eigenvalue weighted by atomic mass is 16.6. The van der Waals surface area contributed by atoms with Gasteiger partial charge in [-0.25, -0.2) is 4.98 Å². The smallest absolute Gasteiger partial charge is 0.0988 e. The van der Waals surface area contributed by atoms with E-state index in [1.54, 1.807) is 0 Å². The van der Waals surface area contributed by atoms with Crippen LogP contribution in [-0.4, -0.2) is 22.3 Å². The Morgan fingerprint density at radius 2 is 2.45 bits per heavy atom. The highest BCUT2D eigenvalue weighted by molar-refractivity contribution is 5.08. The van der Waals surface area contributed by atoms with Crippen molar-refractivity contribution < 1.29 is 4.74 Å². The third-order valence-corrected chi connectivity index (χ3v) is 2.15. The molecule has 2 rings (SSSR count). The first-order valence-electron chi connectivity index (χ1n) is 3.87. The third kappa shape index (κ3) is 1.28. The average Bonchev–Trinajstić information content (AvgIpc) is 2.74. The minimum Gasteiger partial charge on any atom is -0.371 e. The first kappa shape index (κ1) is 6.85. The number of epoxide rings is 1. The zero-order chi connectivity index (χ0) is 7.84. The fourth-order valence-corrected chi connectivity index (χ4v) is 1.12. The van der Waals surface area contributed by atoms with Gasteiger partial charge in [0, 0.05) is 5.69 Å². The molecule has 0 aromatic carbocycles. The van der Waals surface area contributed by atoms with Crippen molar-refractivity contribution in [1.82, 2.24) is 9.55 Å². The summed E-state index contributed by atoms with van der Waals surface area (Å²) in [5.41, 5.74) is 2.37. The molecule has 0 amide bonds. The second kappa shape index (κ2) is 2.34. The lowest BCUT2D eigenvalue weighted by molar-refractivity contribution is 0.381. The van der Waals surface area contributed by atoms with Gasteiger partial charge < -0.3 is 9.30 Å². The largest absolute Gasteiger partial charge is 0.371 e. The van der Waals surface area contributed by atoms with Crippen molar-refractivity contribution in [1.29, 1.82) is 0 Å². The highest BCUT2D eigenvalue weighted by Crippen LogP contribution is 2.14. The highest BCUT2D eigenvalue weighted by Gasteiger charge is 2.23. The van der Waals surface area contributed by atoms with E-state index in [9.17, 15) is 0 Å². The molecule has 0 aliphatic carbocycles. The summed E-state index contributed by atoms with van der Waals surface area (Å²) in [7, 11) is 0. The van der Waals surface area contributed by atoms with Crippen molar-refractivity contribution >= 4 is 0 Å². The molecule has 1 aromatic heterocycles. The fourth-order valence-electron chi connectivity index (χ4n) is 1.12. The summed E-state index contributed by atoms with van der Waals surface area (Å²) in [5.74, 6) is 0. The Hall–Kier alpha value is -0.830. The van der Waals surface area contributed by atoms with Crippen molar-refractivity contribution in [3.63, 3.8) is 0 Å². The van der Waals surface area contributed by atoms with Crippen molar-refractivity contribution in [2.24, 2.45) is 0 Å². The van der Waals surface area contributed by atoms with Crippen LogP contribution in [0.15, 0.2) is 6.33 Å². The first-order chi connectivity index (χ1) is 5.27. The van der Waals surface area contributed by atoms with Crippen LogP contribution in [0.3, 0.4) is 0 Å². The van der Waals surface area contributed by atoms with Crippen LogP contribution in [0.5, 0.6) is 0 Å². The predicted octanol–water partition coefficient (Wildman–Crippen LogP) is 0.899. The van der Waals surface area contributed by atoms with Crippen LogP contribution in [0.1, 0.15) is 11.4 Å². The van der Waals surface area contributed by atoms with Crippen molar-refractivity contribution in [2.45, 2.75) is 26.5 Å². The normalized spacial score (nSPS) is 22.2. The summed E-state index contributed by atoms with van der Waals surface area (Å²) in [4.78, 5) is 4.20. The minimum absolute atomic E-state index is 0.447. The average molecular weight is 152 g/mol. The Labute approximate surface area is 66.0 Å². The molecule has 3 nitrogen and oxygen atoms in total. The SMILES string of the molecule is Cc1ncn(CC2CO2)c1C. The van der Waals surface area contributed by atoms with Crippen LogP contribution in [0.2, 0.25) is 0 Å². The Kier molecular flexibility index (Phi) is 1.46. The van der Waals surface area contributed by atoms with E-state index in [0.717, 1.165) is 18.8 Å². The molecule has 1 aromatic rings. The summed E-state index contributed by atoms with van der Waals surface area (Å²) in [6.07, 6.45) is 2.33. The van der Waals surface area contributed by atoms with Crippen LogP contribution >= 0.6 is 0 Å². The fraction of sp³-hybridized carbons (Fsp3) is 0.625. The van der Waals surface area contributed by atoms with Gasteiger partial charge in [0.2, 0.25) is 0 Å². The Bertz CT molecular complexity index is 263. The number of rotatable bonds is 2. The Balaban J connectivity index is 2.15. The molecule has 3 heteroatoms. The minimum atomic E-state index is 0.447. The molecule has 1 aliphatic heterocycles. The summed E-state index contributed by atoms with van der Waals surface area (Å²) in [6, 6.07) is 0. The van der Waals surface area contributed by atoms with E-state index in [4.69, 9.17) is 4.74 Å². The Morgan fingerprint density at radius 1 is 1.73 bits per heavy atom. The number of aryl methyl sites for hydroxylation is 1. The van der Waals surface area contributed by atoms with E-state index in [1.807, 2.05) is 13.3 Å². The maximum absolute atomic E-state index is 5.13. The first-order valence-corrected chi connectivity index (χ1v) is 3.87. The van der Waals surface area contributed by atoms with Crippen molar-refractivity contribution in [2.75, 3.05) is 6.61 Å². The van der Waals surface area contributed by atoms with Crippen LogP contribution in [0.4, 0.5) is 0 Å². The summed E-state index contributed by atoms with van der Waals surface area (Å²) < 4.78 is 7.27. The maximum atomic E-state index is 5.13. The molecule has 1 fully saturated rings. The van der Waals surface area contributed by atoms with E-state index in [0.29, 0.717) is 6.10 Å². The molecular weight excluding hydrogens is 140 g/mol. The molecule has 1 unspecified atom stereocenters. The van der Waals surface area contributed by atoms with Crippen LogP contribution in [0, 0.1) is 13.8 Å². The summed E-state index contributed by atoms with van der Waals surface area (Å²) in [6.45, 7) is 5.99.